The second-order valence-electron chi connectivity index (χ2n) is 5.21. The van der Waals surface area contributed by atoms with E-state index >= 15 is 0 Å². The first-order valence-electron chi connectivity index (χ1n) is 8.20. The van der Waals surface area contributed by atoms with Gasteiger partial charge in [-0.15, -0.1) is 6.58 Å². The summed E-state index contributed by atoms with van der Waals surface area (Å²) in [7, 11) is 0. The molecule has 8 heteroatoms. The number of nitrogens with two attached hydrogens (primary N) is 1. The summed E-state index contributed by atoms with van der Waals surface area (Å²) in [5.74, 6) is -2.73. The van der Waals surface area contributed by atoms with Crippen molar-refractivity contribution in [1.29, 1.82) is 0 Å². The summed E-state index contributed by atoms with van der Waals surface area (Å²) in [6.45, 7) is 9.98. The van der Waals surface area contributed by atoms with Crippen molar-refractivity contribution in [3.05, 3.63) is 42.0 Å². The average Bonchev–Trinajstić information content (AvgIpc) is 2.59. The molecule has 1 aromatic carbocycles. The number of carboxylic acid groups (broad SMARTS) is 2. The zero-order valence-electron chi connectivity index (χ0n) is 15.1. The van der Waals surface area contributed by atoms with Gasteiger partial charge in [0.15, 0.2) is 0 Å². The maximum absolute atomic E-state index is 9.10. The monoisotopic (exact) mass is 368 g/mol. The van der Waals surface area contributed by atoms with Crippen molar-refractivity contribution in [1.82, 2.24) is 5.32 Å². The van der Waals surface area contributed by atoms with E-state index in [2.05, 4.69) is 31.0 Å². The van der Waals surface area contributed by atoms with Crippen LogP contribution in [0, 0.1) is 6.92 Å². The number of hydrogen-bond donors (Lipinski definition) is 4. The third-order valence-corrected chi connectivity index (χ3v) is 2.99. The van der Waals surface area contributed by atoms with Gasteiger partial charge in [0.05, 0.1) is 13.2 Å². The molecule has 0 saturated carbocycles. The fourth-order valence-corrected chi connectivity index (χ4v) is 1.85. The normalized spacial score (nSPS) is 9.77. The molecule has 0 saturated heterocycles. The van der Waals surface area contributed by atoms with E-state index in [4.69, 9.17) is 35.0 Å². The molecule has 0 amide bonds. The zero-order chi connectivity index (χ0) is 19.8. The number of rotatable bonds is 11. The minimum atomic E-state index is -1.82. The van der Waals surface area contributed by atoms with Gasteiger partial charge in [-0.2, -0.15) is 0 Å². The minimum absolute atomic E-state index is 0.560. The van der Waals surface area contributed by atoms with E-state index in [0.717, 1.165) is 25.3 Å². The summed E-state index contributed by atoms with van der Waals surface area (Å²) in [6, 6.07) is 6.20. The summed E-state index contributed by atoms with van der Waals surface area (Å²) >= 11 is 0. The highest BCUT2D eigenvalue weighted by Crippen LogP contribution is 2.20. The number of carbonyl (C=O) groups is 2. The Bertz CT molecular complexity index is 551. The summed E-state index contributed by atoms with van der Waals surface area (Å²) < 4.78 is 11.2. The van der Waals surface area contributed by atoms with Crippen LogP contribution in [-0.4, -0.2) is 61.6 Å². The number of aryl methyl sites for hydroxylation is 1. The maximum atomic E-state index is 9.10. The van der Waals surface area contributed by atoms with Gasteiger partial charge in [0.2, 0.25) is 0 Å². The molecule has 5 N–H and O–H groups in total. The summed E-state index contributed by atoms with van der Waals surface area (Å²) in [4.78, 5) is 18.2. The van der Waals surface area contributed by atoms with Gasteiger partial charge in [-0.05, 0) is 25.0 Å². The van der Waals surface area contributed by atoms with Crippen molar-refractivity contribution >= 4 is 11.9 Å². The Morgan fingerprint density at radius 1 is 1.19 bits per heavy atom. The van der Waals surface area contributed by atoms with E-state index in [1.165, 1.54) is 11.1 Å². The first kappa shape index (κ1) is 23.6. The molecular weight excluding hydrogens is 340 g/mol. The lowest BCUT2D eigenvalue weighted by molar-refractivity contribution is -0.159. The molecule has 0 bridgehead atoms. The molecule has 0 fully saturated rings. The van der Waals surface area contributed by atoms with Crippen molar-refractivity contribution < 1.29 is 29.3 Å². The van der Waals surface area contributed by atoms with Gasteiger partial charge in [-0.1, -0.05) is 23.8 Å². The molecule has 0 aromatic heterocycles. The Kier molecular flexibility index (Phi) is 13.5. The number of allylic oxidation sites excluding steroid dienone is 1. The summed E-state index contributed by atoms with van der Waals surface area (Å²) in [5.41, 5.74) is 7.78. The van der Waals surface area contributed by atoms with Gasteiger partial charge < -0.3 is 30.7 Å². The molecule has 26 heavy (non-hydrogen) atoms. The minimum Gasteiger partial charge on any atom is -0.491 e. The van der Waals surface area contributed by atoms with E-state index in [1.807, 2.05) is 12.1 Å². The van der Waals surface area contributed by atoms with Crippen LogP contribution in [0.1, 0.15) is 11.1 Å². The molecule has 1 rings (SSSR count). The smallest absolute Gasteiger partial charge is 0.414 e. The van der Waals surface area contributed by atoms with Crippen LogP contribution < -0.4 is 15.8 Å². The zero-order valence-corrected chi connectivity index (χ0v) is 15.1. The van der Waals surface area contributed by atoms with Crippen LogP contribution in [0.2, 0.25) is 0 Å². The van der Waals surface area contributed by atoms with Crippen LogP contribution in [0.25, 0.3) is 0 Å². The van der Waals surface area contributed by atoms with Crippen LogP contribution in [0.4, 0.5) is 0 Å². The lowest BCUT2D eigenvalue weighted by Crippen LogP contribution is -2.26. The molecule has 8 nitrogen and oxygen atoms in total. The lowest BCUT2D eigenvalue weighted by Gasteiger charge is -2.11. The number of aliphatic carboxylic acids is 2. The largest absolute Gasteiger partial charge is 0.491 e. The van der Waals surface area contributed by atoms with Crippen LogP contribution in [0.3, 0.4) is 0 Å². The number of ether oxygens (including phenoxy) is 2. The van der Waals surface area contributed by atoms with Crippen LogP contribution in [0.5, 0.6) is 5.75 Å². The SMILES string of the molecule is C=CCc1cc(C)ccc1OCCOCCNCCN.O=C(O)C(=O)O. The Balaban J connectivity index is 0.000000896. The van der Waals surface area contributed by atoms with Crippen LogP contribution in [0.15, 0.2) is 30.9 Å². The highest BCUT2D eigenvalue weighted by Gasteiger charge is 2.04. The Labute approximate surface area is 153 Å². The van der Waals surface area contributed by atoms with Gasteiger partial charge in [-0.25, -0.2) is 9.59 Å². The van der Waals surface area contributed by atoms with Crippen LogP contribution in [-0.2, 0) is 20.7 Å². The van der Waals surface area contributed by atoms with Gasteiger partial charge >= 0.3 is 11.9 Å². The van der Waals surface area contributed by atoms with Crippen molar-refractivity contribution in [2.24, 2.45) is 5.73 Å². The molecule has 0 atom stereocenters. The summed E-state index contributed by atoms with van der Waals surface area (Å²) in [5, 5.41) is 18.0. The predicted octanol–water partition coefficient (Wildman–Crippen LogP) is 0.823. The van der Waals surface area contributed by atoms with Crippen molar-refractivity contribution in [3.63, 3.8) is 0 Å². The molecule has 0 aliphatic carbocycles. The molecule has 146 valence electrons. The van der Waals surface area contributed by atoms with E-state index < -0.39 is 11.9 Å². The molecule has 0 unspecified atom stereocenters. The Morgan fingerprint density at radius 2 is 1.88 bits per heavy atom. The number of carboxylic acids is 2. The number of nitrogens with one attached hydrogen (secondary N) is 1. The van der Waals surface area contributed by atoms with Gasteiger partial charge in [0.25, 0.3) is 0 Å². The van der Waals surface area contributed by atoms with Crippen molar-refractivity contribution in [3.8, 4) is 5.75 Å². The topological polar surface area (TPSA) is 131 Å². The fraction of sp³-hybridized carbons (Fsp3) is 0.444. The Hall–Kier alpha value is -2.42. The van der Waals surface area contributed by atoms with E-state index in [1.54, 1.807) is 0 Å². The standard InChI is InChI=1S/C16H26N2O2.C2H2O4/c1-3-4-15-13-14(2)5-6-16(15)20-12-11-19-10-9-18-8-7-17;3-1(4)2(5)6/h3,5-6,13,18H,1,4,7-12,17H2,2H3;(H,3,4)(H,5,6). The maximum Gasteiger partial charge on any atom is 0.414 e. The van der Waals surface area contributed by atoms with Crippen LogP contribution >= 0.6 is 0 Å². The third-order valence-electron chi connectivity index (χ3n) is 2.99. The lowest BCUT2D eigenvalue weighted by atomic mass is 10.1. The quantitative estimate of drug-likeness (QED) is 0.256. The van der Waals surface area contributed by atoms with E-state index in [-0.39, 0.29) is 0 Å². The molecule has 0 spiro atoms. The van der Waals surface area contributed by atoms with Gasteiger partial charge in [0.1, 0.15) is 12.4 Å². The van der Waals surface area contributed by atoms with Crippen molar-refractivity contribution in [2.45, 2.75) is 13.3 Å². The molecule has 0 aliphatic heterocycles. The highest BCUT2D eigenvalue weighted by atomic mass is 16.5. The number of hydrogen-bond acceptors (Lipinski definition) is 6. The average molecular weight is 368 g/mol. The first-order valence-corrected chi connectivity index (χ1v) is 8.20. The molecule has 0 radical (unpaired) electrons. The van der Waals surface area contributed by atoms with Crippen molar-refractivity contribution in [2.75, 3.05) is 39.5 Å². The molecular formula is C18H28N2O6. The third kappa shape index (κ3) is 12.0. The number of benzene rings is 1. The molecule has 0 heterocycles. The second kappa shape index (κ2) is 14.9. The molecule has 0 aliphatic rings. The van der Waals surface area contributed by atoms with Gasteiger partial charge in [0, 0.05) is 19.6 Å². The van der Waals surface area contributed by atoms with Gasteiger partial charge in [-0.3, -0.25) is 0 Å². The predicted molar refractivity (Wildman–Crippen MR) is 98.6 cm³/mol. The Morgan fingerprint density at radius 3 is 2.46 bits per heavy atom. The highest BCUT2D eigenvalue weighted by molar-refractivity contribution is 6.27. The van der Waals surface area contributed by atoms with E-state index in [0.29, 0.717) is 26.4 Å². The first-order chi connectivity index (χ1) is 12.4. The fourth-order valence-electron chi connectivity index (χ4n) is 1.85. The summed E-state index contributed by atoms with van der Waals surface area (Å²) in [6.07, 6.45) is 2.71. The molecule has 1 aromatic rings. The van der Waals surface area contributed by atoms with E-state index in [9.17, 15) is 0 Å². The second-order valence-corrected chi connectivity index (χ2v) is 5.21.